The van der Waals surface area contributed by atoms with Gasteiger partial charge in [-0.25, -0.2) is 0 Å². The molecule has 2 aliphatic rings. The summed E-state index contributed by atoms with van der Waals surface area (Å²) >= 11 is 1.60. The van der Waals surface area contributed by atoms with Crippen LogP contribution in [0.15, 0.2) is 29.2 Å². The summed E-state index contributed by atoms with van der Waals surface area (Å²) < 4.78 is 5.35. The van der Waals surface area contributed by atoms with E-state index in [1.54, 1.807) is 23.6 Å². The van der Waals surface area contributed by atoms with Gasteiger partial charge in [-0.2, -0.15) is 0 Å². The highest BCUT2D eigenvalue weighted by molar-refractivity contribution is 7.98. The maximum absolute atomic E-state index is 12.5. The van der Waals surface area contributed by atoms with Gasteiger partial charge in [-0.15, -0.1) is 11.8 Å². The minimum Gasteiger partial charge on any atom is -0.452 e. The number of nitrogens with one attached hydrogen (secondary N) is 1. The molecule has 1 heterocycles. The lowest BCUT2D eigenvalue weighted by Crippen LogP contribution is -2.41. The van der Waals surface area contributed by atoms with Crippen molar-refractivity contribution in [2.24, 2.45) is 5.92 Å². The largest absolute Gasteiger partial charge is 0.452 e. The van der Waals surface area contributed by atoms with Gasteiger partial charge in [-0.1, -0.05) is 18.9 Å². The van der Waals surface area contributed by atoms with E-state index in [1.165, 1.54) is 0 Å². The minimum atomic E-state index is -0.845. The van der Waals surface area contributed by atoms with Crippen LogP contribution in [0.5, 0.6) is 0 Å². The highest BCUT2D eigenvalue weighted by atomic mass is 32.2. The predicted molar refractivity (Wildman–Crippen MR) is 105 cm³/mol. The molecular weight excluding hydrogens is 364 g/mol. The Balaban J connectivity index is 1.55. The molecule has 0 bridgehead atoms. The van der Waals surface area contributed by atoms with Gasteiger partial charge < -0.3 is 15.0 Å². The first-order valence-corrected chi connectivity index (χ1v) is 10.7. The normalized spacial score (nSPS) is 21.3. The third-order valence-electron chi connectivity index (χ3n) is 5.19. The first-order chi connectivity index (χ1) is 13.0. The van der Waals surface area contributed by atoms with Crippen LogP contribution >= 0.6 is 11.8 Å². The molecule has 3 rings (SSSR count). The SMILES string of the molecule is CSc1cccc(N2C[C@H](C(=O)O[C@H](C)C(=O)NC3CCCC3)CC2=O)c1. The molecule has 1 saturated heterocycles. The smallest absolute Gasteiger partial charge is 0.312 e. The zero-order chi connectivity index (χ0) is 19.4. The third-order valence-corrected chi connectivity index (χ3v) is 5.91. The molecule has 0 spiro atoms. The number of carbonyl (C=O) groups is 3. The van der Waals surface area contributed by atoms with Gasteiger partial charge in [0.25, 0.3) is 5.91 Å². The molecule has 1 aliphatic carbocycles. The first-order valence-electron chi connectivity index (χ1n) is 9.43. The highest BCUT2D eigenvalue weighted by Crippen LogP contribution is 2.29. The Morgan fingerprint density at radius 2 is 2.04 bits per heavy atom. The zero-order valence-electron chi connectivity index (χ0n) is 15.8. The van der Waals surface area contributed by atoms with Crippen LogP contribution in [0.2, 0.25) is 0 Å². The fourth-order valence-electron chi connectivity index (χ4n) is 3.61. The van der Waals surface area contributed by atoms with Crippen LogP contribution in [0, 0.1) is 5.92 Å². The lowest BCUT2D eigenvalue weighted by Gasteiger charge is -2.19. The maximum atomic E-state index is 12.5. The molecule has 2 atom stereocenters. The van der Waals surface area contributed by atoms with Crippen molar-refractivity contribution in [2.45, 2.75) is 56.1 Å². The summed E-state index contributed by atoms with van der Waals surface area (Å²) in [6, 6.07) is 7.86. The van der Waals surface area contributed by atoms with E-state index in [1.807, 2.05) is 30.5 Å². The molecular formula is C20H26N2O4S. The number of thioether (sulfide) groups is 1. The third kappa shape index (κ3) is 4.83. The van der Waals surface area contributed by atoms with Crippen molar-refractivity contribution in [3.05, 3.63) is 24.3 Å². The summed E-state index contributed by atoms with van der Waals surface area (Å²) in [6.45, 7) is 1.87. The number of nitrogens with zero attached hydrogens (tertiary/aromatic N) is 1. The van der Waals surface area contributed by atoms with Crippen LogP contribution in [0.1, 0.15) is 39.0 Å². The molecule has 0 unspecified atom stereocenters. The molecule has 2 amide bonds. The Kier molecular flexibility index (Phi) is 6.42. The van der Waals surface area contributed by atoms with Crippen LogP contribution < -0.4 is 10.2 Å². The zero-order valence-corrected chi connectivity index (χ0v) is 16.6. The van der Waals surface area contributed by atoms with E-state index in [0.29, 0.717) is 0 Å². The van der Waals surface area contributed by atoms with Crippen molar-refractivity contribution in [1.29, 1.82) is 0 Å². The van der Waals surface area contributed by atoms with Crippen molar-refractivity contribution in [2.75, 3.05) is 17.7 Å². The number of anilines is 1. The molecule has 1 aromatic carbocycles. The van der Waals surface area contributed by atoms with Gasteiger partial charge in [0, 0.05) is 29.6 Å². The molecule has 1 N–H and O–H groups in total. The van der Waals surface area contributed by atoms with Crippen molar-refractivity contribution >= 4 is 35.2 Å². The second kappa shape index (κ2) is 8.78. The van der Waals surface area contributed by atoms with Gasteiger partial charge in [0.2, 0.25) is 5.91 Å². The number of rotatable bonds is 6. The van der Waals surface area contributed by atoms with E-state index < -0.39 is 18.0 Å². The topological polar surface area (TPSA) is 75.7 Å². The van der Waals surface area contributed by atoms with Gasteiger partial charge in [0.1, 0.15) is 0 Å². The Morgan fingerprint density at radius 3 is 2.74 bits per heavy atom. The number of benzene rings is 1. The first kappa shape index (κ1) is 19.7. The maximum Gasteiger partial charge on any atom is 0.312 e. The molecule has 6 nitrogen and oxygen atoms in total. The second-order valence-electron chi connectivity index (χ2n) is 7.18. The number of hydrogen-bond donors (Lipinski definition) is 1. The van der Waals surface area contributed by atoms with E-state index in [-0.39, 0.29) is 30.8 Å². The quantitative estimate of drug-likeness (QED) is 0.597. The van der Waals surface area contributed by atoms with Crippen LogP contribution in [-0.2, 0) is 19.1 Å². The minimum absolute atomic E-state index is 0.0988. The average Bonchev–Trinajstić information content (AvgIpc) is 3.31. The van der Waals surface area contributed by atoms with E-state index >= 15 is 0 Å². The summed E-state index contributed by atoms with van der Waals surface area (Å²) in [6.07, 6.45) is 5.44. The van der Waals surface area contributed by atoms with Crippen LogP contribution in [0.4, 0.5) is 5.69 Å². The van der Waals surface area contributed by atoms with Gasteiger partial charge in [0.05, 0.1) is 5.92 Å². The number of carbonyl (C=O) groups excluding carboxylic acids is 3. The molecule has 1 aliphatic heterocycles. The molecule has 1 saturated carbocycles. The Bertz CT molecular complexity index is 718. The number of hydrogen-bond acceptors (Lipinski definition) is 5. The Hall–Kier alpha value is -2.02. The van der Waals surface area contributed by atoms with Gasteiger partial charge in [0.15, 0.2) is 6.10 Å². The standard InChI is InChI=1S/C20H26N2O4S/c1-13(19(24)21-15-6-3-4-7-15)26-20(25)14-10-18(23)22(12-14)16-8-5-9-17(11-16)27-2/h5,8-9,11,13-15H,3-4,6-7,10,12H2,1-2H3,(H,21,24)/t13-,14-/m1/s1. The summed E-state index contributed by atoms with van der Waals surface area (Å²) in [4.78, 5) is 39.7. The van der Waals surface area contributed by atoms with Crippen LogP contribution in [0.3, 0.4) is 0 Å². The van der Waals surface area contributed by atoms with Crippen molar-refractivity contribution in [3.63, 3.8) is 0 Å². The lowest BCUT2D eigenvalue weighted by atomic mass is 10.1. The summed E-state index contributed by atoms with van der Waals surface area (Å²) in [5, 5.41) is 2.93. The van der Waals surface area contributed by atoms with Crippen molar-refractivity contribution < 1.29 is 19.1 Å². The van der Waals surface area contributed by atoms with Crippen LogP contribution in [-0.4, -0.2) is 42.7 Å². The molecule has 1 aromatic rings. The van der Waals surface area contributed by atoms with E-state index in [9.17, 15) is 14.4 Å². The monoisotopic (exact) mass is 390 g/mol. The molecule has 0 radical (unpaired) electrons. The highest BCUT2D eigenvalue weighted by Gasteiger charge is 2.37. The van der Waals surface area contributed by atoms with Gasteiger partial charge in [-0.3, -0.25) is 14.4 Å². The van der Waals surface area contributed by atoms with Crippen molar-refractivity contribution in [3.8, 4) is 0 Å². The summed E-state index contributed by atoms with van der Waals surface area (Å²) in [5.41, 5.74) is 0.786. The van der Waals surface area contributed by atoms with E-state index in [0.717, 1.165) is 36.3 Å². The van der Waals surface area contributed by atoms with Gasteiger partial charge >= 0.3 is 5.97 Å². The number of ether oxygens (including phenoxy) is 1. The second-order valence-corrected chi connectivity index (χ2v) is 8.06. The number of amides is 2. The van der Waals surface area contributed by atoms with E-state index in [2.05, 4.69) is 5.32 Å². The predicted octanol–water partition coefficient (Wildman–Crippen LogP) is 2.75. The summed E-state index contributed by atoms with van der Waals surface area (Å²) in [5.74, 6) is -1.39. The van der Waals surface area contributed by atoms with Crippen molar-refractivity contribution in [1.82, 2.24) is 5.32 Å². The molecule has 27 heavy (non-hydrogen) atoms. The van der Waals surface area contributed by atoms with Gasteiger partial charge in [-0.05, 0) is 44.2 Å². The van der Waals surface area contributed by atoms with Crippen LogP contribution in [0.25, 0.3) is 0 Å². The van der Waals surface area contributed by atoms with E-state index in [4.69, 9.17) is 4.74 Å². The number of esters is 1. The average molecular weight is 391 g/mol. The lowest BCUT2D eigenvalue weighted by molar-refractivity contribution is -0.158. The molecule has 2 fully saturated rings. The molecule has 146 valence electrons. The fraction of sp³-hybridized carbons (Fsp3) is 0.550. The summed E-state index contributed by atoms with van der Waals surface area (Å²) in [7, 11) is 0. The molecule has 7 heteroatoms. The Labute approximate surface area is 164 Å². The fourth-order valence-corrected chi connectivity index (χ4v) is 4.06. The molecule has 0 aromatic heterocycles. The Morgan fingerprint density at radius 1 is 1.30 bits per heavy atom.